The molecule has 1 heterocycles. The number of nitrogens with one attached hydrogen (secondary N) is 1. The summed E-state index contributed by atoms with van der Waals surface area (Å²) in [6.07, 6.45) is 1.77. The van der Waals surface area contributed by atoms with Crippen molar-refractivity contribution in [3.05, 3.63) is 92.3 Å². The second kappa shape index (κ2) is 10.8. The van der Waals surface area contributed by atoms with Crippen LogP contribution in [0.2, 0.25) is 10.0 Å². The van der Waals surface area contributed by atoms with Gasteiger partial charge in [0.15, 0.2) is 10.9 Å². The molecule has 1 N–H and O–H groups in total. The molecule has 0 radical (unpaired) electrons. The van der Waals surface area contributed by atoms with Crippen molar-refractivity contribution < 1.29 is 14.3 Å². The summed E-state index contributed by atoms with van der Waals surface area (Å²) in [6, 6.07) is 17.8. The van der Waals surface area contributed by atoms with Gasteiger partial charge < -0.3 is 10.1 Å². The maximum Gasteiger partial charge on any atom is 0.270 e. The fourth-order valence-electron chi connectivity index (χ4n) is 3.32. The highest BCUT2D eigenvalue weighted by Crippen LogP contribution is 2.36. The molecule has 1 aliphatic rings. The van der Waals surface area contributed by atoms with Gasteiger partial charge in [-0.15, -0.1) is 0 Å². The minimum absolute atomic E-state index is 0.171. The molecule has 0 saturated carbocycles. The fourth-order valence-corrected chi connectivity index (χ4v) is 4.92. The molecule has 2 amide bonds. The van der Waals surface area contributed by atoms with Crippen molar-refractivity contribution in [2.45, 2.75) is 13.8 Å². The number of hydrogen-bond donors (Lipinski definition) is 1. The van der Waals surface area contributed by atoms with Crippen LogP contribution in [-0.4, -0.2) is 22.7 Å². The van der Waals surface area contributed by atoms with Crippen molar-refractivity contribution in [2.75, 3.05) is 16.8 Å². The lowest BCUT2D eigenvalue weighted by molar-refractivity contribution is -0.118. The number of amides is 2. The first-order valence-corrected chi connectivity index (χ1v) is 12.5. The highest BCUT2D eigenvalue weighted by Gasteiger charge is 2.33. The summed E-state index contributed by atoms with van der Waals surface area (Å²) in [5.74, 6) is -0.0219. The summed E-state index contributed by atoms with van der Waals surface area (Å²) in [6.45, 7) is 3.83. The highest BCUT2D eigenvalue weighted by molar-refractivity contribution is 8.27. The second-order valence-corrected chi connectivity index (χ2v) is 10.3. The van der Waals surface area contributed by atoms with E-state index in [1.165, 1.54) is 11.8 Å². The van der Waals surface area contributed by atoms with Crippen LogP contribution in [0.15, 0.2) is 65.6 Å². The molecule has 1 aliphatic heterocycles. The predicted octanol–water partition coefficient (Wildman–Crippen LogP) is 7.03. The maximum atomic E-state index is 13.1. The van der Waals surface area contributed by atoms with E-state index in [0.29, 0.717) is 30.7 Å². The van der Waals surface area contributed by atoms with E-state index >= 15 is 0 Å². The Hall–Kier alpha value is -2.84. The minimum atomic E-state index is -0.344. The molecule has 0 aliphatic carbocycles. The van der Waals surface area contributed by atoms with Gasteiger partial charge >= 0.3 is 0 Å². The Morgan fingerprint density at radius 2 is 1.86 bits per heavy atom. The molecule has 0 spiro atoms. The number of carbonyl (C=O) groups excluding carboxylic acids is 2. The Bertz CT molecular complexity index is 1370. The fraction of sp³-hybridized carbons (Fsp3) is 0.115. The third kappa shape index (κ3) is 6.05. The summed E-state index contributed by atoms with van der Waals surface area (Å²) in [4.78, 5) is 27.4. The van der Waals surface area contributed by atoms with E-state index in [1.807, 2.05) is 38.1 Å². The summed E-state index contributed by atoms with van der Waals surface area (Å²) >= 11 is 18.6. The molecule has 5 nitrogen and oxygen atoms in total. The smallest absolute Gasteiger partial charge is 0.270 e. The first-order valence-electron chi connectivity index (χ1n) is 10.5. The normalized spacial score (nSPS) is 14.5. The molecule has 178 valence electrons. The van der Waals surface area contributed by atoms with E-state index in [0.717, 1.165) is 22.4 Å². The van der Waals surface area contributed by atoms with Crippen molar-refractivity contribution in [1.82, 2.24) is 0 Å². The van der Waals surface area contributed by atoms with E-state index in [1.54, 1.807) is 47.4 Å². The zero-order valence-corrected chi connectivity index (χ0v) is 21.9. The number of thioether (sulfide) groups is 1. The minimum Gasteiger partial charge on any atom is -0.484 e. The van der Waals surface area contributed by atoms with Crippen LogP contribution in [0.4, 0.5) is 11.4 Å². The third-order valence-corrected chi connectivity index (χ3v) is 7.31. The number of rotatable bonds is 6. The molecule has 3 aromatic carbocycles. The van der Waals surface area contributed by atoms with Gasteiger partial charge in [-0.3, -0.25) is 14.5 Å². The molecular weight excluding hydrogens is 523 g/mol. The molecule has 3 aromatic rings. The summed E-state index contributed by atoms with van der Waals surface area (Å²) < 4.78 is 6.12. The summed E-state index contributed by atoms with van der Waals surface area (Å²) in [5, 5.41) is 3.46. The van der Waals surface area contributed by atoms with E-state index in [2.05, 4.69) is 5.32 Å². The lowest BCUT2D eigenvalue weighted by Crippen LogP contribution is -2.27. The monoisotopic (exact) mass is 542 g/mol. The number of anilines is 2. The van der Waals surface area contributed by atoms with Crippen molar-refractivity contribution in [1.29, 1.82) is 0 Å². The van der Waals surface area contributed by atoms with Crippen LogP contribution in [0.5, 0.6) is 5.75 Å². The Morgan fingerprint density at radius 1 is 1.06 bits per heavy atom. The number of aryl methyl sites for hydroxylation is 2. The average Bonchev–Trinajstić information content (AvgIpc) is 3.09. The Kier molecular flexibility index (Phi) is 7.82. The van der Waals surface area contributed by atoms with Crippen molar-refractivity contribution in [3.63, 3.8) is 0 Å². The van der Waals surface area contributed by atoms with Crippen LogP contribution in [0.3, 0.4) is 0 Å². The van der Waals surface area contributed by atoms with Crippen LogP contribution in [0, 0.1) is 13.8 Å². The predicted molar refractivity (Wildman–Crippen MR) is 149 cm³/mol. The highest BCUT2D eigenvalue weighted by atomic mass is 35.5. The number of carbonyl (C=O) groups is 2. The zero-order valence-electron chi connectivity index (χ0n) is 18.8. The van der Waals surface area contributed by atoms with Gasteiger partial charge in [0.05, 0.1) is 20.6 Å². The van der Waals surface area contributed by atoms with Gasteiger partial charge in [0, 0.05) is 5.69 Å². The second-order valence-electron chi connectivity index (χ2n) is 7.82. The van der Waals surface area contributed by atoms with E-state index < -0.39 is 0 Å². The van der Waals surface area contributed by atoms with E-state index in [4.69, 9.17) is 40.2 Å². The topological polar surface area (TPSA) is 58.6 Å². The van der Waals surface area contributed by atoms with Crippen LogP contribution in [0.1, 0.15) is 16.7 Å². The molecular formula is C26H20Cl2N2O3S2. The molecule has 0 unspecified atom stereocenters. The molecule has 4 rings (SSSR count). The largest absolute Gasteiger partial charge is 0.484 e. The molecule has 1 fully saturated rings. The standard InChI is InChI=1S/C26H20Cl2N2O3S2/c1-15-6-8-19(10-16(15)2)30-25(32)23(35-26(30)34)12-17-4-3-5-20(11-17)33-14-24(31)29-18-7-9-21(27)22(28)13-18/h3-13H,14H2,1-2H3,(H,29,31)/b23-12-. The molecule has 0 atom stereocenters. The van der Waals surface area contributed by atoms with Gasteiger partial charge in [-0.1, -0.05) is 65.4 Å². The number of ether oxygens (including phenoxy) is 1. The van der Waals surface area contributed by atoms with Gasteiger partial charge in [0.2, 0.25) is 0 Å². The van der Waals surface area contributed by atoms with Gasteiger partial charge in [-0.05, 0) is 79.1 Å². The molecule has 0 bridgehead atoms. The quantitative estimate of drug-likeness (QED) is 0.267. The Morgan fingerprint density at radius 3 is 2.60 bits per heavy atom. The summed E-state index contributed by atoms with van der Waals surface area (Å²) in [5.41, 5.74) is 4.27. The Balaban J connectivity index is 1.43. The number of benzene rings is 3. The number of thiocarbonyl (C=S) groups is 1. The van der Waals surface area contributed by atoms with Gasteiger partial charge in [-0.25, -0.2) is 0 Å². The van der Waals surface area contributed by atoms with Gasteiger partial charge in [0.1, 0.15) is 5.75 Å². The number of halogens is 2. The first kappa shape index (κ1) is 25.3. The van der Waals surface area contributed by atoms with Gasteiger partial charge in [-0.2, -0.15) is 0 Å². The zero-order chi connectivity index (χ0) is 25.1. The van der Waals surface area contributed by atoms with Crippen molar-refractivity contribution in [2.24, 2.45) is 0 Å². The van der Waals surface area contributed by atoms with Gasteiger partial charge in [0.25, 0.3) is 11.8 Å². The van der Waals surface area contributed by atoms with E-state index in [9.17, 15) is 9.59 Å². The lowest BCUT2D eigenvalue weighted by Gasteiger charge is -2.15. The van der Waals surface area contributed by atoms with Crippen molar-refractivity contribution in [3.8, 4) is 5.75 Å². The molecule has 0 aromatic heterocycles. The lowest BCUT2D eigenvalue weighted by atomic mass is 10.1. The number of nitrogens with zero attached hydrogens (tertiary/aromatic N) is 1. The third-order valence-electron chi connectivity index (χ3n) is 5.27. The van der Waals surface area contributed by atoms with Crippen LogP contribution in [-0.2, 0) is 9.59 Å². The van der Waals surface area contributed by atoms with Crippen LogP contribution < -0.4 is 15.0 Å². The maximum absolute atomic E-state index is 13.1. The first-order chi connectivity index (χ1) is 16.7. The number of hydrogen-bond acceptors (Lipinski definition) is 5. The molecule has 35 heavy (non-hydrogen) atoms. The van der Waals surface area contributed by atoms with Crippen LogP contribution >= 0.6 is 47.2 Å². The van der Waals surface area contributed by atoms with Crippen molar-refractivity contribution >= 4 is 80.8 Å². The average molecular weight is 543 g/mol. The molecule has 9 heteroatoms. The molecule has 1 saturated heterocycles. The van der Waals surface area contributed by atoms with E-state index in [-0.39, 0.29) is 18.4 Å². The van der Waals surface area contributed by atoms with Crippen LogP contribution in [0.25, 0.3) is 6.08 Å². The summed E-state index contributed by atoms with van der Waals surface area (Å²) in [7, 11) is 0. The Labute approximate surface area is 223 Å². The SMILES string of the molecule is Cc1ccc(N2C(=O)/C(=C/c3cccc(OCC(=O)Nc4ccc(Cl)c(Cl)c4)c3)SC2=S)cc1C.